The third-order valence-corrected chi connectivity index (χ3v) is 2.67. The zero-order valence-electron chi connectivity index (χ0n) is 8.41. The van der Waals surface area contributed by atoms with E-state index in [1.807, 2.05) is 13.8 Å². The maximum absolute atomic E-state index is 10.5. The Bertz CT molecular complexity index is 360. The molecule has 0 radical (unpaired) electrons. The van der Waals surface area contributed by atoms with Gasteiger partial charge in [0.05, 0.1) is 28.9 Å². The molecule has 1 heterocycles. The number of nitrogens with zero attached hydrogens (tertiary/aromatic N) is 2. The predicted octanol–water partition coefficient (Wildman–Crippen LogP) is 2.19. The number of halogens is 1. The van der Waals surface area contributed by atoms with Gasteiger partial charge in [-0.1, -0.05) is 11.6 Å². The van der Waals surface area contributed by atoms with Crippen LogP contribution < -0.4 is 0 Å². The van der Waals surface area contributed by atoms with Gasteiger partial charge in [-0.25, -0.2) is 0 Å². The lowest BCUT2D eigenvalue weighted by molar-refractivity contribution is -0.137. The summed E-state index contributed by atoms with van der Waals surface area (Å²) in [6.45, 7) is 5.45. The molecule has 1 aromatic heterocycles. The number of carboxylic acids is 1. The highest BCUT2D eigenvalue weighted by molar-refractivity contribution is 6.31. The molecule has 0 aliphatic rings. The summed E-state index contributed by atoms with van der Waals surface area (Å²) in [6, 6.07) is -0.168. The lowest BCUT2D eigenvalue weighted by Crippen LogP contribution is -2.13. The van der Waals surface area contributed by atoms with Crippen LogP contribution in [-0.2, 0) is 4.79 Å². The Morgan fingerprint density at radius 2 is 2.21 bits per heavy atom. The van der Waals surface area contributed by atoms with Crippen LogP contribution in [0.4, 0.5) is 0 Å². The van der Waals surface area contributed by atoms with E-state index in [2.05, 4.69) is 5.10 Å². The van der Waals surface area contributed by atoms with Crippen LogP contribution in [-0.4, -0.2) is 20.9 Å². The second-order valence-corrected chi connectivity index (χ2v) is 3.75. The van der Waals surface area contributed by atoms with Gasteiger partial charge in [-0.05, 0) is 20.8 Å². The molecule has 0 aromatic carbocycles. The Morgan fingerprint density at radius 1 is 1.64 bits per heavy atom. The summed E-state index contributed by atoms with van der Waals surface area (Å²) in [4.78, 5) is 10.5. The summed E-state index contributed by atoms with van der Waals surface area (Å²) in [5, 5.41) is 13.4. The fourth-order valence-electron chi connectivity index (χ4n) is 1.41. The Balaban J connectivity index is 2.95. The van der Waals surface area contributed by atoms with E-state index in [-0.39, 0.29) is 12.5 Å². The Morgan fingerprint density at radius 3 is 2.57 bits per heavy atom. The summed E-state index contributed by atoms with van der Waals surface area (Å²) < 4.78 is 1.66. The molecule has 1 unspecified atom stereocenters. The van der Waals surface area contributed by atoms with E-state index in [0.29, 0.717) is 5.02 Å². The average Bonchev–Trinajstić information content (AvgIpc) is 2.32. The van der Waals surface area contributed by atoms with Crippen molar-refractivity contribution in [2.75, 3.05) is 0 Å². The summed E-state index contributed by atoms with van der Waals surface area (Å²) >= 11 is 5.95. The summed E-state index contributed by atoms with van der Waals surface area (Å²) in [6.07, 6.45) is 0.0539. The fraction of sp³-hybridized carbons (Fsp3) is 0.556. The first-order valence-corrected chi connectivity index (χ1v) is 4.74. The highest BCUT2D eigenvalue weighted by Crippen LogP contribution is 2.23. The van der Waals surface area contributed by atoms with Crippen molar-refractivity contribution in [3.05, 3.63) is 16.4 Å². The van der Waals surface area contributed by atoms with Gasteiger partial charge in [-0.15, -0.1) is 0 Å². The predicted molar refractivity (Wildman–Crippen MR) is 53.7 cm³/mol. The average molecular weight is 217 g/mol. The van der Waals surface area contributed by atoms with Crippen LogP contribution in [0.5, 0.6) is 0 Å². The number of aryl methyl sites for hydroxylation is 1. The van der Waals surface area contributed by atoms with Crippen LogP contribution in [0.2, 0.25) is 5.02 Å². The van der Waals surface area contributed by atoms with Crippen molar-refractivity contribution >= 4 is 17.6 Å². The van der Waals surface area contributed by atoms with Crippen molar-refractivity contribution in [2.45, 2.75) is 33.2 Å². The molecule has 0 fully saturated rings. The third-order valence-electron chi connectivity index (χ3n) is 2.12. The Hall–Kier alpha value is -1.03. The van der Waals surface area contributed by atoms with Gasteiger partial charge < -0.3 is 5.11 Å². The Labute approximate surface area is 87.5 Å². The second kappa shape index (κ2) is 4.00. The molecule has 1 atom stereocenters. The summed E-state index contributed by atoms with van der Waals surface area (Å²) in [5.41, 5.74) is 1.55. The van der Waals surface area contributed by atoms with Crippen LogP contribution in [0.1, 0.15) is 30.8 Å². The molecule has 1 rings (SSSR count). The number of rotatable bonds is 3. The number of hydrogen-bond donors (Lipinski definition) is 1. The zero-order valence-corrected chi connectivity index (χ0v) is 9.17. The van der Waals surface area contributed by atoms with Gasteiger partial charge in [0.15, 0.2) is 0 Å². The molecule has 1 N–H and O–H groups in total. The number of aromatic nitrogens is 2. The van der Waals surface area contributed by atoms with Gasteiger partial charge in [0.25, 0.3) is 0 Å². The highest BCUT2D eigenvalue weighted by atomic mass is 35.5. The number of aliphatic carboxylic acids is 1. The molecule has 4 nitrogen and oxygen atoms in total. The molecule has 14 heavy (non-hydrogen) atoms. The van der Waals surface area contributed by atoms with E-state index in [1.54, 1.807) is 11.6 Å². The molecule has 0 spiro atoms. The van der Waals surface area contributed by atoms with Crippen LogP contribution in [0.3, 0.4) is 0 Å². The van der Waals surface area contributed by atoms with Crippen LogP contribution >= 0.6 is 11.6 Å². The second-order valence-electron chi connectivity index (χ2n) is 3.38. The molecule has 1 aromatic rings. The molecule has 78 valence electrons. The molecule has 0 saturated carbocycles. The smallest absolute Gasteiger partial charge is 0.305 e. The lowest BCUT2D eigenvalue weighted by Gasteiger charge is -2.11. The first-order valence-electron chi connectivity index (χ1n) is 4.36. The molecular weight excluding hydrogens is 204 g/mol. The van der Waals surface area contributed by atoms with E-state index >= 15 is 0 Å². The first-order chi connectivity index (χ1) is 6.43. The van der Waals surface area contributed by atoms with Crippen molar-refractivity contribution in [1.29, 1.82) is 0 Å². The van der Waals surface area contributed by atoms with Gasteiger partial charge in [-0.3, -0.25) is 9.48 Å². The number of carboxylic acid groups (broad SMARTS) is 1. The fourth-order valence-corrected chi connectivity index (χ4v) is 1.54. The van der Waals surface area contributed by atoms with E-state index in [1.165, 1.54) is 0 Å². The maximum Gasteiger partial charge on any atom is 0.305 e. The molecule has 0 aliphatic heterocycles. The SMILES string of the molecule is Cc1nn(C(C)CC(=O)O)c(C)c1Cl. The summed E-state index contributed by atoms with van der Waals surface area (Å²) in [7, 11) is 0. The minimum atomic E-state index is -0.832. The molecule has 0 bridgehead atoms. The van der Waals surface area contributed by atoms with Gasteiger partial charge in [0.2, 0.25) is 0 Å². The Kier molecular flexibility index (Phi) is 3.16. The van der Waals surface area contributed by atoms with Crippen LogP contribution in [0.15, 0.2) is 0 Å². The first kappa shape index (κ1) is 11.0. The molecule has 5 heteroatoms. The lowest BCUT2D eigenvalue weighted by atomic mass is 10.2. The largest absolute Gasteiger partial charge is 0.481 e. The minimum Gasteiger partial charge on any atom is -0.481 e. The zero-order chi connectivity index (χ0) is 10.9. The third kappa shape index (κ3) is 2.07. The van der Waals surface area contributed by atoms with Gasteiger partial charge in [-0.2, -0.15) is 5.10 Å². The minimum absolute atomic E-state index is 0.0539. The summed E-state index contributed by atoms with van der Waals surface area (Å²) in [5.74, 6) is -0.832. The maximum atomic E-state index is 10.5. The normalized spacial score (nSPS) is 12.9. The van der Waals surface area contributed by atoms with Crippen molar-refractivity contribution in [3.8, 4) is 0 Å². The standard InChI is InChI=1S/C9H13ClN2O2/c1-5(4-8(13)14)12-7(3)9(10)6(2)11-12/h5H,4H2,1-3H3,(H,13,14). The van der Waals surface area contributed by atoms with Gasteiger partial charge in [0, 0.05) is 0 Å². The molecular formula is C9H13ClN2O2. The van der Waals surface area contributed by atoms with Crippen LogP contribution in [0, 0.1) is 13.8 Å². The topological polar surface area (TPSA) is 55.1 Å². The quantitative estimate of drug-likeness (QED) is 0.843. The number of carbonyl (C=O) groups is 1. The van der Waals surface area contributed by atoms with Crippen molar-refractivity contribution in [2.24, 2.45) is 0 Å². The monoisotopic (exact) mass is 216 g/mol. The molecule has 0 saturated heterocycles. The van der Waals surface area contributed by atoms with Crippen molar-refractivity contribution in [3.63, 3.8) is 0 Å². The van der Waals surface area contributed by atoms with E-state index < -0.39 is 5.97 Å². The van der Waals surface area contributed by atoms with Crippen LogP contribution in [0.25, 0.3) is 0 Å². The van der Waals surface area contributed by atoms with E-state index in [9.17, 15) is 4.79 Å². The van der Waals surface area contributed by atoms with Crippen molar-refractivity contribution in [1.82, 2.24) is 9.78 Å². The van der Waals surface area contributed by atoms with E-state index in [4.69, 9.17) is 16.7 Å². The molecule has 0 aliphatic carbocycles. The van der Waals surface area contributed by atoms with Gasteiger partial charge in [0.1, 0.15) is 0 Å². The molecule has 0 amide bonds. The van der Waals surface area contributed by atoms with Crippen molar-refractivity contribution < 1.29 is 9.90 Å². The van der Waals surface area contributed by atoms with E-state index in [0.717, 1.165) is 11.4 Å². The highest BCUT2D eigenvalue weighted by Gasteiger charge is 2.16. The van der Waals surface area contributed by atoms with Gasteiger partial charge >= 0.3 is 5.97 Å². The number of hydrogen-bond acceptors (Lipinski definition) is 2.